The Morgan fingerprint density at radius 2 is 1.62 bits per heavy atom. The summed E-state index contributed by atoms with van der Waals surface area (Å²) >= 11 is 0. The number of sulfonamides is 1. The van der Waals surface area contributed by atoms with Crippen molar-refractivity contribution in [2.45, 2.75) is 43.9 Å². The van der Waals surface area contributed by atoms with E-state index >= 15 is 0 Å². The number of ether oxygens (including phenoxy) is 2. The van der Waals surface area contributed by atoms with Crippen LogP contribution in [0.1, 0.15) is 39.2 Å². The fraction of sp³-hybridized carbons (Fsp3) is 0.458. The molecule has 0 spiro atoms. The zero-order valence-electron chi connectivity index (χ0n) is 19.3. The summed E-state index contributed by atoms with van der Waals surface area (Å²) in [6.07, 6.45) is 1.25. The maximum absolute atomic E-state index is 13.2. The number of hydrogen-bond donors (Lipinski definition) is 1. The number of nitrogens with one attached hydrogen (secondary N) is 1. The number of rotatable bonds is 6. The van der Waals surface area contributed by atoms with Crippen LogP contribution in [0.5, 0.6) is 11.5 Å². The van der Waals surface area contributed by atoms with Crippen molar-refractivity contribution >= 4 is 21.6 Å². The molecular formula is C24H32N2O5S. The average Bonchev–Trinajstić information content (AvgIpc) is 2.78. The standard InChI is InChI=1S/C24H32N2O5S/c1-24(2,3)18-8-10-22(11-9-18)32(28,29)26-12-6-7-17(16-26)23(27)25-19-13-20(30-4)15-21(14-19)31-5/h8-11,13-15,17H,6-7,12,16H2,1-5H3,(H,25,27). The molecule has 174 valence electrons. The summed E-state index contributed by atoms with van der Waals surface area (Å²) in [4.78, 5) is 13.2. The van der Waals surface area contributed by atoms with Gasteiger partial charge in [-0.1, -0.05) is 32.9 Å². The van der Waals surface area contributed by atoms with Gasteiger partial charge in [-0.2, -0.15) is 4.31 Å². The highest BCUT2D eigenvalue weighted by Crippen LogP contribution is 2.29. The van der Waals surface area contributed by atoms with Gasteiger partial charge in [0.25, 0.3) is 0 Å². The highest BCUT2D eigenvalue weighted by Gasteiger charge is 2.33. The quantitative estimate of drug-likeness (QED) is 0.703. The fourth-order valence-corrected chi connectivity index (χ4v) is 5.30. The zero-order chi connectivity index (χ0) is 23.5. The van der Waals surface area contributed by atoms with E-state index in [0.717, 1.165) is 5.56 Å². The second kappa shape index (κ2) is 9.50. The van der Waals surface area contributed by atoms with Gasteiger partial charge in [0.05, 0.1) is 25.0 Å². The molecule has 2 aromatic rings. The molecule has 2 aromatic carbocycles. The lowest BCUT2D eigenvalue weighted by atomic mass is 9.87. The number of carbonyl (C=O) groups is 1. The molecule has 7 nitrogen and oxygen atoms in total. The first-order chi connectivity index (χ1) is 15.0. The molecule has 1 heterocycles. The van der Waals surface area contributed by atoms with Crippen LogP contribution in [0.15, 0.2) is 47.4 Å². The molecule has 0 saturated carbocycles. The third-order valence-electron chi connectivity index (χ3n) is 5.73. The van der Waals surface area contributed by atoms with E-state index < -0.39 is 15.9 Å². The van der Waals surface area contributed by atoms with Crippen LogP contribution >= 0.6 is 0 Å². The summed E-state index contributed by atoms with van der Waals surface area (Å²) < 4.78 is 38.3. The summed E-state index contributed by atoms with van der Waals surface area (Å²) in [5.41, 5.74) is 1.56. The second-order valence-corrected chi connectivity index (χ2v) is 11.0. The number of methoxy groups -OCH3 is 2. The van der Waals surface area contributed by atoms with E-state index in [-0.39, 0.29) is 22.8 Å². The Labute approximate surface area is 190 Å². The first-order valence-corrected chi connectivity index (χ1v) is 12.1. The van der Waals surface area contributed by atoms with Crippen molar-refractivity contribution in [1.29, 1.82) is 0 Å². The van der Waals surface area contributed by atoms with Gasteiger partial charge in [-0.05, 0) is 36.0 Å². The third-order valence-corrected chi connectivity index (χ3v) is 7.61. The van der Waals surface area contributed by atoms with Gasteiger partial charge in [-0.3, -0.25) is 4.79 Å². The van der Waals surface area contributed by atoms with Crippen molar-refractivity contribution in [3.05, 3.63) is 48.0 Å². The van der Waals surface area contributed by atoms with E-state index in [2.05, 4.69) is 26.1 Å². The van der Waals surface area contributed by atoms with Gasteiger partial charge in [0, 0.05) is 37.0 Å². The predicted octanol–water partition coefficient (Wildman–Crippen LogP) is 4.04. The molecule has 0 aromatic heterocycles. The van der Waals surface area contributed by atoms with Crippen LogP contribution in [0.25, 0.3) is 0 Å². The highest BCUT2D eigenvalue weighted by molar-refractivity contribution is 7.89. The molecule has 0 bridgehead atoms. The molecule has 1 N–H and O–H groups in total. The number of anilines is 1. The summed E-state index contributed by atoms with van der Waals surface area (Å²) in [7, 11) is -0.592. The molecule has 1 aliphatic heterocycles. The van der Waals surface area contributed by atoms with Crippen LogP contribution in [0.4, 0.5) is 5.69 Å². The number of carbonyl (C=O) groups excluding carboxylic acids is 1. The van der Waals surface area contributed by atoms with E-state index in [1.165, 1.54) is 18.5 Å². The number of benzene rings is 2. The lowest BCUT2D eigenvalue weighted by Crippen LogP contribution is -2.43. The van der Waals surface area contributed by atoms with Crippen molar-refractivity contribution in [3.63, 3.8) is 0 Å². The maximum atomic E-state index is 13.2. The Morgan fingerprint density at radius 3 is 2.16 bits per heavy atom. The van der Waals surface area contributed by atoms with Crippen LogP contribution in [0.2, 0.25) is 0 Å². The Hall–Kier alpha value is -2.58. The van der Waals surface area contributed by atoms with Gasteiger partial charge in [-0.15, -0.1) is 0 Å². The minimum Gasteiger partial charge on any atom is -0.497 e. The van der Waals surface area contributed by atoms with Crippen molar-refractivity contribution in [2.75, 3.05) is 32.6 Å². The van der Waals surface area contributed by atoms with Crippen LogP contribution in [-0.4, -0.2) is 45.9 Å². The predicted molar refractivity (Wildman–Crippen MR) is 125 cm³/mol. The Balaban J connectivity index is 1.74. The number of amides is 1. The van der Waals surface area contributed by atoms with Gasteiger partial charge < -0.3 is 14.8 Å². The third kappa shape index (κ3) is 5.42. The Bertz CT molecular complexity index is 1040. The second-order valence-electron chi connectivity index (χ2n) is 9.07. The van der Waals surface area contributed by atoms with Gasteiger partial charge in [0.15, 0.2) is 0 Å². The summed E-state index contributed by atoms with van der Waals surface area (Å²) in [6, 6.07) is 12.2. The van der Waals surface area contributed by atoms with E-state index in [4.69, 9.17) is 9.47 Å². The molecule has 8 heteroatoms. The molecule has 3 rings (SSSR count). The monoisotopic (exact) mass is 460 g/mol. The fourth-order valence-electron chi connectivity index (χ4n) is 3.77. The van der Waals surface area contributed by atoms with E-state index in [1.54, 1.807) is 30.3 Å². The molecule has 1 atom stereocenters. The first-order valence-electron chi connectivity index (χ1n) is 10.7. The molecule has 32 heavy (non-hydrogen) atoms. The maximum Gasteiger partial charge on any atom is 0.243 e. The molecule has 0 radical (unpaired) electrons. The SMILES string of the molecule is COc1cc(NC(=O)C2CCCN(S(=O)(=O)c3ccc(C(C)(C)C)cc3)C2)cc(OC)c1. The number of nitrogens with zero attached hydrogens (tertiary/aromatic N) is 1. The van der Waals surface area contributed by atoms with Crippen LogP contribution < -0.4 is 14.8 Å². The van der Waals surface area contributed by atoms with Gasteiger partial charge in [0.2, 0.25) is 15.9 Å². The van der Waals surface area contributed by atoms with Crippen molar-refractivity contribution in [3.8, 4) is 11.5 Å². The van der Waals surface area contributed by atoms with Crippen LogP contribution in [0.3, 0.4) is 0 Å². The molecule has 1 aliphatic rings. The minimum atomic E-state index is -3.67. The summed E-state index contributed by atoms with van der Waals surface area (Å²) in [5, 5.41) is 2.88. The molecular weight excluding hydrogens is 428 g/mol. The molecule has 1 unspecified atom stereocenters. The average molecular weight is 461 g/mol. The number of piperidine rings is 1. The smallest absolute Gasteiger partial charge is 0.243 e. The summed E-state index contributed by atoms with van der Waals surface area (Å²) in [5.74, 6) is 0.463. The summed E-state index contributed by atoms with van der Waals surface area (Å²) in [6.45, 7) is 6.81. The minimum absolute atomic E-state index is 0.0562. The normalized spacial score (nSPS) is 17.6. The van der Waals surface area contributed by atoms with Crippen molar-refractivity contribution < 1.29 is 22.7 Å². The van der Waals surface area contributed by atoms with E-state index in [1.807, 2.05) is 12.1 Å². The van der Waals surface area contributed by atoms with Crippen molar-refractivity contribution in [2.24, 2.45) is 5.92 Å². The largest absolute Gasteiger partial charge is 0.497 e. The Morgan fingerprint density at radius 1 is 1.03 bits per heavy atom. The van der Waals surface area contributed by atoms with E-state index in [9.17, 15) is 13.2 Å². The topological polar surface area (TPSA) is 84.9 Å². The van der Waals surface area contributed by atoms with Gasteiger partial charge >= 0.3 is 0 Å². The molecule has 1 fully saturated rings. The Kier molecular flexibility index (Phi) is 7.15. The van der Waals surface area contributed by atoms with Crippen LogP contribution in [0, 0.1) is 5.92 Å². The number of hydrogen-bond acceptors (Lipinski definition) is 5. The zero-order valence-corrected chi connectivity index (χ0v) is 20.2. The molecule has 0 aliphatic carbocycles. The van der Waals surface area contributed by atoms with E-state index in [0.29, 0.717) is 36.6 Å². The highest BCUT2D eigenvalue weighted by atomic mass is 32.2. The van der Waals surface area contributed by atoms with Gasteiger partial charge in [-0.25, -0.2) is 8.42 Å². The molecule has 1 amide bonds. The first kappa shape index (κ1) is 24.1. The molecule has 1 saturated heterocycles. The lowest BCUT2D eigenvalue weighted by Gasteiger charge is -2.31. The van der Waals surface area contributed by atoms with Crippen molar-refractivity contribution in [1.82, 2.24) is 4.31 Å². The van der Waals surface area contributed by atoms with Gasteiger partial charge in [0.1, 0.15) is 11.5 Å². The van der Waals surface area contributed by atoms with Crippen LogP contribution in [-0.2, 0) is 20.2 Å². The lowest BCUT2D eigenvalue weighted by molar-refractivity contribution is -0.120.